The summed E-state index contributed by atoms with van der Waals surface area (Å²) in [6.45, 7) is 2.45. The van der Waals surface area contributed by atoms with Gasteiger partial charge in [0, 0.05) is 58.5 Å². The van der Waals surface area contributed by atoms with Gasteiger partial charge in [-0.2, -0.15) is 18.8 Å². The van der Waals surface area contributed by atoms with E-state index < -0.39 is 10.0 Å². The highest BCUT2D eigenvalue weighted by atomic mass is 35.5. The van der Waals surface area contributed by atoms with E-state index in [1.165, 1.54) is 71.8 Å². The molecule has 5 atom stereocenters. The summed E-state index contributed by atoms with van der Waals surface area (Å²) in [4.78, 5) is 4.09. The second kappa shape index (κ2) is 27.6. The van der Waals surface area contributed by atoms with Crippen molar-refractivity contribution in [3.8, 4) is 17.2 Å². The molecule has 0 radical (unpaired) electrons. The molecule has 0 bridgehead atoms. The van der Waals surface area contributed by atoms with Crippen LogP contribution in [0, 0.1) is 0 Å². The summed E-state index contributed by atoms with van der Waals surface area (Å²) in [6, 6.07) is 19.7. The van der Waals surface area contributed by atoms with E-state index in [0.717, 1.165) is 11.5 Å². The lowest BCUT2D eigenvalue weighted by Crippen LogP contribution is -2.59. The largest absolute Gasteiger partial charge is 0.506 e. The summed E-state index contributed by atoms with van der Waals surface area (Å²) in [5, 5.41) is 63.6. The summed E-state index contributed by atoms with van der Waals surface area (Å²) < 4.78 is 59.9. The first-order valence-electron chi connectivity index (χ1n) is 20.6. The first kappa shape index (κ1) is 57.6. The number of hydrogen-bond acceptors (Lipinski definition) is 23. The van der Waals surface area contributed by atoms with Gasteiger partial charge in [-0.25, -0.2) is 18.2 Å². The maximum Gasteiger partial charge on any atom is 0.250 e. The minimum atomic E-state index is -3.81. The number of halogens is 3. The number of benzene rings is 4. The number of primary sulfonamides is 1. The Morgan fingerprint density at radius 3 is 1.76 bits per heavy atom. The van der Waals surface area contributed by atoms with Crippen LogP contribution in [0.25, 0.3) is 10.9 Å². The number of rotatable bonds is 13. The van der Waals surface area contributed by atoms with Crippen LogP contribution in [-0.4, -0.2) is 119 Å². The zero-order chi connectivity index (χ0) is 52.5. The van der Waals surface area contributed by atoms with Crippen LogP contribution in [0.4, 0.5) is 33.0 Å². The highest BCUT2D eigenvalue weighted by Crippen LogP contribution is 2.35. The van der Waals surface area contributed by atoms with Gasteiger partial charge in [-0.15, -0.1) is 30.7 Å². The molecule has 5 unspecified atom stereocenters. The molecule has 1 fully saturated rings. The van der Waals surface area contributed by atoms with Crippen LogP contribution in [0.1, 0.15) is 6.92 Å². The molecular formula is C43H47Cl3N12O10S4. The number of aryl methyl sites for hydroxylation is 1. The summed E-state index contributed by atoms with van der Waals surface area (Å²) in [7, 11) is 4.57. The molecule has 72 heavy (non-hydrogen) atoms. The number of azo groups is 3. The van der Waals surface area contributed by atoms with Gasteiger partial charge >= 0.3 is 0 Å². The number of phenolic OH excluding ortho intramolecular Hbond substituents is 3. The molecule has 29 heteroatoms. The number of ether oxygens (including phenoxy) is 5. The molecule has 7 aromatic rings. The smallest absolute Gasteiger partial charge is 0.250 e. The molecule has 3 aromatic heterocycles. The Morgan fingerprint density at radius 2 is 1.29 bits per heavy atom. The fourth-order valence-electron chi connectivity index (χ4n) is 6.21. The van der Waals surface area contributed by atoms with Gasteiger partial charge in [0.15, 0.2) is 10.8 Å². The van der Waals surface area contributed by atoms with Crippen molar-refractivity contribution in [2.75, 3.05) is 41.3 Å². The molecule has 0 spiro atoms. The Morgan fingerprint density at radius 1 is 0.736 bits per heavy atom. The van der Waals surface area contributed by atoms with Crippen LogP contribution in [0.3, 0.4) is 0 Å². The van der Waals surface area contributed by atoms with E-state index in [2.05, 4.69) is 49.5 Å². The van der Waals surface area contributed by atoms with E-state index >= 15 is 0 Å². The lowest BCUT2D eigenvalue weighted by molar-refractivity contribution is -0.245. The summed E-state index contributed by atoms with van der Waals surface area (Å²) in [5.74, 6) is 0.642. The Bertz CT molecular complexity index is 3090. The molecule has 22 nitrogen and oxygen atoms in total. The zero-order valence-electron chi connectivity index (χ0n) is 39.1. The van der Waals surface area contributed by atoms with E-state index in [1.807, 2.05) is 13.2 Å². The predicted octanol–water partition coefficient (Wildman–Crippen LogP) is 11.4. The molecule has 1 saturated heterocycles. The number of methoxy groups -OCH3 is 4. The monoisotopic (exact) mass is 1120 g/mol. The van der Waals surface area contributed by atoms with E-state index in [9.17, 15) is 23.7 Å². The van der Waals surface area contributed by atoms with Gasteiger partial charge in [-0.1, -0.05) is 46.6 Å². The molecule has 1 aliphatic rings. The molecule has 0 saturated carbocycles. The Kier molecular flexibility index (Phi) is 22.1. The van der Waals surface area contributed by atoms with Crippen LogP contribution >= 0.6 is 69.6 Å². The van der Waals surface area contributed by atoms with Gasteiger partial charge < -0.3 is 39.0 Å². The number of sulfonamides is 1. The van der Waals surface area contributed by atoms with Gasteiger partial charge in [-0.3, -0.25) is 0 Å². The Balaban J connectivity index is 0.000000181. The van der Waals surface area contributed by atoms with Gasteiger partial charge in [0.25, 0.3) is 0 Å². The number of thioether (sulfide) groups is 1. The lowest BCUT2D eigenvalue weighted by atomic mass is 9.95. The fourth-order valence-corrected chi connectivity index (χ4v) is 9.01. The molecule has 8 rings (SSSR count). The first-order valence-corrected chi connectivity index (χ1v) is 26.1. The van der Waals surface area contributed by atoms with E-state index in [-0.39, 0.29) is 67.7 Å². The highest BCUT2D eigenvalue weighted by Gasteiger charge is 2.45. The van der Waals surface area contributed by atoms with Crippen molar-refractivity contribution in [2.45, 2.75) is 47.5 Å². The predicted molar refractivity (Wildman–Crippen MR) is 276 cm³/mol. The zero-order valence-corrected chi connectivity index (χ0v) is 44.7. The van der Waals surface area contributed by atoms with Crippen molar-refractivity contribution in [3.63, 3.8) is 0 Å². The van der Waals surface area contributed by atoms with Crippen molar-refractivity contribution in [1.82, 2.24) is 23.5 Å². The number of aromatic hydroxyl groups is 3. The Labute approximate surface area is 440 Å². The number of fused-ring (bicyclic) bond motifs is 1. The second-order valence-corrected chi connectivity index (χ2v) is 19.6. The maximum absolute atomic E-state index is 11.4. The average molecular weight is 1130 g/mol. The molecule has 1 aliphatic heterocycles. The molecule has 384 valence electrons. The van der Waals surface area contributed by atoms with Crippen molar-refractivity contribution < 1.29 is 47.4 Å². The van der Waals surface area contributed by atoms with E-state index in [4.69, 9.17) is 63.6 Å². The first-order chi connectivity index (χ1) is 34.4. The third kappa shape index (κ3) is 16.3. The summed E-state index contributed by atoms with van der Waals surface area (Å²) in [5.41, 5.74) is 2.16. The average Bonchev–Trinajstić information content (AvgIpc) is 4.12. The van der Waals surface area contributed by atoms with Crippen molar-refractivity contribution in [3.05, 3.63) is 100 Å². The molecule has 0 aliphatic carbocycles. The highest BCUT2D eigenvalue weighted by molar-refractivity contribution is 7.98. The lowest BCUT2D eigenvalue weighted by Gasteiger charge is -2.43. The van der Waals surface area contributed by atoms with Gasteiger partial charge in [0.2, 0.25) is 20.3 Å². The molecule has 0 amide bonds. The minimum absolute atomic E-state index is 0.0191. The van der Waals surface area contributed by atoms with Gasteiger partial charge in [-0.05, 0) is 97.5 Å². The quantitative estimate of drug-likeness (QED) is 0.0616. The third-order valence-electron chi connectivity index (χ3n) is 9.71. The standard InChI is InChI=1S/C13H9ClN4O3S2.C11H22O5.C10H9ClN4O.C9H7ClN4OS2/c14-10-5-7(1-4-12(10)19)16-17-13-9-6-8(23(15,20)21)2-3-11(9)18-22-13;1-7-9(13-3)11(15-5)10(14-4)8(16-7)6-12-2;1-15-10(4-5-12-15)14-13-7-2-3-9(16)8(11)6-7;1-16-9-11-8(17-14-9)13-12-5-2-3-7(15)6(10)4-5/h1-6,19H,(H2,15,20,21);7-11H,6H2,1-5H3;2-6,16H,1H3;2-4,15H,1H3. The van der Waals surface area contributed by atoms with E-state index in [0.29, 0.717) is 55.7 Å². The van der Waals surface area contributed by atoms with Crippen molar-refractivity contribution in [2.24, 2.45) is 42.9 Å². The normalized spacial score (nSPS) is 17.9. The third-order valence-corrected chi connectivity index (χ3v) is 13.6. The number of phenols is 3. The number of nitrogens with two attached hydrogens (primary N) is 1. The van der Waals surface area contributed by atoms with Crippen molar-refractivity contribution >= 4 is 124 Å². The molecule has 5 N–H and O–H groups in total. The van der Waals surface area contributed by atoms with Gasteiger partial charge in [0.1, 0.15) is 41.7 Å². The maximum atomic E-state index is 11.4. The summed E-state index contributed by atoms with van der Waals surface area (Å²) in [6.07, 6.45) is 2.93. The summed E-state index contributed by atoms with van der Waals surface area (Å²) >= 11 is 21.0. The SMILES string of the molecule is COCC1OC(C)C(OC)C(OC)C1OC.CSc1nsc(N=Nc2ccc(O)c(Cl)c2)n1.Cn1nccc1N=Nc1ccc(O)c(Cl)c1.NS(=O)(=O)c1ccc2nsc(N=Nc3ccc(O)c(Cl)c3)c2c1. The minimum Gasteiger partial charge on any atom is -0.506 e. The molecular weight excluding hydrogens is 1080 g/mol. The number of hydrogen-bond donors (Lipinski definition) is 4. The van der Waals surface area contributed by atoms with Crippen LogP contribution in [0.5, 0.6) is 17.2 Å². The van der Waals surface area contributed by atoms with Crippen LogP contribution in [0.2, 0.25) is 15.1 Å². The fraction of sp³-hybridized carbons (Fsp3) is 0.302. The topological polar surface area (TPSA) is 298 Å². The van der Waals surface area contributed by atoms with Crippen LogP contribution in [0.15, 0.2) is 126 Å². The molecule has 4 aromatic carbocycles. The second-order valence-electron chi connectivity index (χ2n) is 14.5. The van der Waals surface area contributed by atoms with Crippen LogP contribution < -0.4 is 5.14 Å². The molecule has 4 heterocycles. The van der Waals surface area contributed by atoms with E-state index in [1.54, 1.807) is 76.7 Å². The number of aromatic nitrogens is 5. The van der Waals surface area contributed by atoms with Crippen molar-refractivity contribution in [1.29, 1.82) is 0 Å². The number of nitrogens with zero attached hydrogens (tertiary/aromatic N) is 11. The van der Waals surface area contributed by atoms with Gasteiger partial charge in [0.05, 0.1) is 61.4 Å². The Hall–Kier alpha value is -5.33. The van der Waals surface area contributed by atoms with Crippen LogP contribution in [-0.2, 0) is 40.8 Å².